The summed E-state index contributed by atoms with van der Waals surface area (Å²) in [5, 5.41) is 3.07. The maximum atomic E-state index is 11.8. The lowest BCUT2D eigenvalue weighted by molar-refractivity contribution is -0.122. The molecule has 0 saturated carbocycles. The van der Waals surface area contributed by atoms with Gasteiger partial charge in [0.15, 0.2) is 0 Å². The summed E-state index contributed by atoms with van der Waals surface area (Å²) in [4.78, 5) is 13.9. The van der Waals surface area contributed by atoms with Crippen LogP contribution in [0, 0.1) is 11.8 Å². The number of hydrogen-bond donors (Lipinski definition) is 2. The first-order valence-corrected chi connectivity index (χ1v) is 6.43. The molecule has 17 heavy (non-hydrogen) atoms. The molecule has 0 aromatic carbocycles. The van der Waals surface area contributed by atoms with E-state index in [4.69, 9.17) is 5.73 Å². The Bertz CT molecular complexity index is 227. The van der Waals surface area contributed by atoms with Crippen molar-refractivity contribution < 1.29 is 4.79 Å². The second-order valence-corrected chi connectivity index (χ2v) is 5.79. The van der Waals surface area contributed by atoms with Crippen LogP contribution in [-0.4, -0.2) is 43.5 Å². The minimum Gasteiger partial charge on any atom is -0.352 e. The van der Waals surface area contributed by atoms with Crippen LogP contribution in [0.3, 0.4) is 0 Å². The highest BCUT2D eigenvalue weighted by molar-refractivity contribution is 5.76. The molecule has 0 rings (SSSR count). The molecule has 0 radical (unpaired) electrons. The third-order valence-electron chi connectivity index (χ3n) is 2.99. The molecular formula is C13H29N3O. The van der Waals surface area contributed by atoms with E-state index in [1.165, 1.54) is 0 Å². The highest BCUT2D eigenvalue weighted by atomic mass is 16.1. The van der Waals surface area contributed by atoms with E-state index in [0.717, 1.165) is 6.54 Å². The van der Waals surface area contributed by atoms with Crippen LogP contribution >= 0.6 is 0 Å². The summed E-state index contributed by atoms with van der Waals surface area (Å²) < 4.78 is 0. The molecule has 0 spiro atoms. The monoisotopic (exact) mass is 243 g/mol. The van der Waals surface area contributed by atoms with Gasteiger partial charge in [0.1, 0.15) is 0 Å². The average Bonchev–Trinajstić information content (AvgIpc) is 2.15. The van der Waals surface area contributed by atoms with Crippen LogP contribution in [0.1, 0.15) is 34.1 Å². The summed E-state index contributed by atoms with van der Waals surface area (Å²) in [5.41, 5.74) is 5.90. The Hall–Kier alpha value is -0.610. The van der Waals surface area contributed by atoms with Crippen molar-refractivity contribution in [1.82, 2.24) is 10.2 Å². The van der Waals surface area contributed by atoms with Crippen LogP contribution < -0.4 is 11.1 Å². The van der Waals surface area contributed by atoms with Gasteiger partial charge in [0.05, 0.1) is 0 Å². The van der Waals surface area contributed by atoms with Gasteiger partial charge in [0.25, 0.3) is 0 Å². The maximum absolute atomic E-state index is 11.8. The number of likely N-dealkylation sites (N-methyl/N-ethyl adjacent to an activating group) is 1. The number of nitrogens with two attached hydrogens (primary N) is 1. The second kappa shape index (κ2) is 7.67. The molecule has 0 heterocycles. The Morgan fingerprint density at radius 3 is 2.06 bits per heavy atom. The number of hydrogen-bond acceptors (Lipinski definition) is 3. The van der Waals surface area contributed by atoms with Gasteiger partial charge in [-0.1, -0.05) is 27.7 Å². The predicted molar refractivity (Wildman–Crippen MR) is 72.8 cm³/mol. The van der Waals surface area contributed by atoms with E-state index in [-0.39, 0.29) is 18.0 Å². The number of carbonyl (C=O) groups excluding carboxylic acids is 1. The number of amides is 1. The summed E-state index contributed by atoms with van der Waals surface area (Å²) in [5.74, 6) is 0.829. The maximum Gasteiger partial charge on any atom is 0.221 e. The third-order valence-corrected chi connectivity index (χ3v) is 2.99. The highest BCUT2D eigenvalue weighted by Gasteiger charge is 2.19. The third kappa shape index (κ3) is 7.34. The number of nitrogens with zero attached hydrogens (tertiary/aromatic N) is 1. The molecule has 0 bridgehead atoms. The van der Waals surface area contributed by atoms with E-state index in [2.05, 4.69) is 24.1 Å². The Morgan fingerprint density at radius 2 is 1.71 bits per heavy atom. The summed E-state index contributed by atoms with van der Waals surface area (Å²) in [6.07, 6.45) is 0.411. The Kier molecular flexibility index (Phi) is 7.39. The first-order chi connectivity index (χ1) is 7.73. The second-order valence-electron chi connectivity index (χ2n) is 5.79. The molecule has 2 unspecified atom stereocenters. The minimum atomic E-state index is -0.0535. The molecule has 0 aliphatic carbocycles. The smallest absolute Gasteiger partial charge is 0.221 e. The molecule has 0 aromatic rings. The lowest BCUT2D eigenvalue weighted by atomic mass is 10.00. The Labute approximate surface area is 106 Å². The van der Waals surface area contributed by atoms with E-state index in [1.54, 1.807) is 0 Å². The highest BCUT2D eigenvalue weighted by Crippen LogP contribution is 2.06. The topological polar surface area (TPSA) is 58.4 Å². The van der Waals surface area contributed by atoms with E-state index in [9.17, 15) is 4.79 Å². The Balaban J connectivity index is 4.22. The average molecular weight is 243 g/mol. The molecule has 0 saturated heterocycles. The SMILES string of the molecule is CC(C)C(N)CC(=O)NC(CN(C)C)C(C)C. The molecule has 102 valence electrons. The van der Waals surface area contributed by atoms with Crippen molar-refractivity contribution in [3.05, 3.63) is 0 Å². The van der Waals surface area contributed by atoms with E-state index >= 15 is 0 Å². The van der Waals surface area contributed by atoms with Crippen molar-refractivity contribution in [2.24, 2.45) is 17.6 Å². The molecular weight excluding hydrogens is 214 g/mol. The molecule has 4 nitrogen and oxygen atoms in total. The molecule has 0 aliphatic rings. The van der Waals surface area contributed by atoms with Crippen molar-refractivity contribution >= 4 is 5.91 Å². The molecule has 3 N–H and O–H groups in total. The fourth-order valence-corrected chi connectivity index (χ4v) is 1.53. The predicted octanol–water partition coefficient (Wildman–Crippen LogP) is 1.06. The summed E-state index contributed by atoms with van der Waals surface area (Å²) in [6.45, 7) is 9.18. The lowest BCUT2D eigenvalue weighted by Crippen LogP contribution is -2.46. The van der Waals surface area contributed by atoms with Crippen molar-refractivity contribution in [2.45, 2.75) is 46.2 Å². The van der Waals surface area contributed by atoms with Gasteiger partial charge in [-0.25, -0.2) is 0 Å². The van der Waals surface area contributed by atoms with Gasteiger partial charge < -0.3 is 16.0 Å². The van der Waals surface area contributed by atoms with Crippen LogP contribution in [0.5, 0.6) is 0 Å². The van der Waals surface area contributed by atoms with Gasteiger partial charge in [-0.05, 0) is 25.9 Å². The molecule has 0 aliphatic heterocycles. The minimum absolute atomic E-state index is 0.0535. The van der Waals surface area contributed by atoms with Crippen LogP contribution in [-0.2, 0) is 4.79 Å². The van der Waals surface area contributed by atoms with Crippen LogP contribution in [0.25, 0.3) is 0 Å². The van der Waals surface area contributed by atoms with Crippen LogP contribution in [0.4, 0.5) is 0 Å². The zero-order valence-electron chi connectivity index (χ0n) is 12.2. The quantitative estimate of drug-likeness (QED) is 0.703. The zero-order valence-corrected chi connectivity index (χ0v) is 12.2. The van der Waals surface area contributed by atoms with Crippen molar-refractivity contribution in [3.63, 3.8) is 0 Å². The van der Waals surface area contributed by atoms with E-state index in [0.29, 0.717) is 18.3 Å². The first-order valence-electron chi connectivity index (χ1n) is 6.43. The standard InChI is InChI=1S/C13H29N3O/c1-9(2)11(14)7-13(17)15-12(10(3)4)8-16(5)6/h9-12H,7-8,14H2,1-6H3,(H,15,17). The summed E-state index contributed by atoms with van der Waals surface area (Å²) in [6, 6.07) is 0.138. The number of nitrogens with one attached hydrogen (secondary N) is 1. The van der Waals surface area contributed by atoms with Gasteiger partial charge in [-0.15, -0.1) is 0 Å². The van der Waals surface area contributed by atoms with Crippen LogP contribution in [0.15, 0.2) is 0 Å². The number of carbonyl (C=O) groups is 1. The molecule has 1 amide bonds. The summed E-state index contributed by atoms with van der Waals surface area (Å²) in [7, 11) is 4.03. The van der Waals surface area contributed by atoms with Gasteiger partial charge in [0, 0.05) is 25.0 Å². The van der Waals surface area contributed by atoms with Gasteiger partial charge in [0.2, 0.25) is 5.91 Å². The number of rotatable bonds is 7. The van der Waals surface area contributed by atoms with E-state index in [1.807, 2.05) is 27.9 Å². The van der Waals surface area contributed by atoms with Gasteiger partial charge in [-0.2, -0.15) is 0 Å². The molecule has 0 fully saturated rings. The van der Waals surface area contributed by atoms with Crippen LogP contribution in [0.2, 0.25) is 0 Å². The fourth-order valence-electron chi connectivity index (χ4n) is 1.53. The largest absolute Gasteiger partial charge is 0.352 e. The molecule has 0 aromatic heterocycles. The van der Waals surface area contributed by atoms with Crippen molar-refractivity contribution in [2.75, 3.05) is 20.6 Å². The normalized spacial score (nSPS) is 15.4. The fraction of sp³-hybridized carbons (Fsp3) is 0.923. The van der Waals surface area contributed by atoms with E-state index < -0.39 is 0 Å². The van der Waals surface area contributed by atoms with Gasteiger partial charge >= 0.3 is 0 Å². The lowest BCUT2D eigenvalue weighted by Gasteiger charge is -2.26. The van der Waals surface area contributed by atoms with Crippen molar-refractivity contribution in [3.8, 4) is 0 Å². The van der Waals surface area contributed by atoms with Gasteiger partial charge in [-0.3, -0.25) is 4.79 Å². The molecule has 4 heteroatoms. The zero-order chi connectivity index (χ0) is 13.6. The summed E-state index contributed by atoms with van der Waals surface area (Å²) >= 11 is 0. The van der Waals surface area contributed by atoms with Crippen molar-refractivity contribution in [1.29, 1.82) is 0 Å². The molecule has 2 atom stereocenters. The first kappa shape index (κ1) is 16.4. The Morgan fingerprint density at radius 1 is 1.18 bits per heavy atom.